The van der Waals surface area contributed by atoms with Crippen molar-refractivity contribution < 1.29 is 100 Å². The molecule has 6 heterocycles. The van der Waals surface area contributed by atoms with E-state index in [0.29, 0.717) is 45.1 Å². The van der Waals surface area contributed by atoms with Crippen molar-refractivity contribution in [2.75, 3.05) is 13.2 Å². The average Bonchev–Trinajstić information content (AvgIpc) is 2.65. The molecule has 9 rings (SSSR count). The molecule has 4 bridgehead atoms. The summed E-state index contributed by atoms with van der Waals surface area (Å²) in [4.78, 5) is 121. The van der Waals surface area contributed by atoms with Gasteiger partial charge >= 0.3 is 59.7 Å². The van der Waals surface area contributed by atoms with Crippen LogP contribution in [0.25, 0.3) is 0 Å². The van der Waals surface area contributed by atoms with Crippen molar-refractivity contribution in [2.45, 2.75) is 255 Å². The molecule has 0 N–H and O–H groups in total. The molecule has 9 fully saturated rings. The summed E-state index contributed by atoms with van der Waals surface area (Å²) in [5.41, 5.74) is -3.51. The minimum absolute atomic E-state index is 0.0307. The molecule has 0 aromatic heterocycles. The summed E-state index contributed by atoms with van der Waals surface area (Å²) in [5.74, 6) is -7.20. The van der Waals surface area contributed by atoms with Gasteiger partial charge in [0.2, 0.25) is 6.10 Å². The SMILES string of the molecule is CCC(C)(C)C(=O)OC1(C(C)(C)C)CCCC1.CCC(C)(C)C(=O)OC1C2CC3C(=O)OC1C3O2.CCC(C)(C)C(=O)OC1CCOC1=O.CCC(C)(C)C(=O)OCC(=O)OC1C2CC3C1OC(=O)C3C2C(=O)OC1(C)C(C)OC(=O)C1C. The monoisotopic (exact) mass is 1170 g/mol. The van der Waals surface area contributed by atoms with Crippen LogP contribution in [0.2, 0.25) is 0 Å². The lowest BCUT2D eigenvalue weighted by Gasteiger charge is -2.42. The molecule has 9 aliphatic rings. The van der Waals surface area contributed by atoms with Crippen LogP contribution in [0.15, 0.2) is 0 Å². The fourth-order valence-corrected chi connectivity index (χ4v) is 11.8. The molecule has 3 saturated carbocycles. The van der Waals surface area contributed by atoms with Gasteiger partial charge in [-0.3, -0.25) is 38.4 Å². The van der Waals surface area contributed by atoms with Crippen molar-refractivity contribution in [1.29, 1.82) is 0 Å². The molecule has 15 unspecified atom stereocenters. The summed E-state index contributed by atoms with van der Waals surface area (Å²) in [5, 5.41) is 0. The van der Waals surface area contributed by atoms with Crippen LogP contribution in [-0.4, -0.2) is 133 Å². The molecule has 3 aliphatic carbocycles. The van der Waals surface area contributed by atoms with E-state index in [4.69, 9.17) is 52.1 Å². The van der Waals surface area contributed by atoms with Crippen LogP contribution in [0.4, 0.5) is 0 Å². The maximum atomic E-state index is 13.3. The summed E-state index contributed by atoms with van der Waals surface area (Å²) < 4.78 is 59.4. The van der Waals surface area contributed by atoms with Crippen LogP contribution in [0.5, 0.6) is 0 Å². The van der Waals surface area contributed by atoms with E-state index in [9.17, 15) is 47.9 Å². The molecule has 0 aromatic carbocycles. The number of cyclic esters (lactones) is 2. The highest BCUT2D eigenvalue weighted by molar-refractivity contribution is 5.88. The number of carbonyl (C=O) groups is 10. The van der Waals surface area contributed by atoms with Gasteiger partial charge in [-0.25, -0.2) is 9.59 Å². The predicted molar refractivity (Wildman–Crippen MR) is 294 cm³/mol. The van der Waals surface area contributed by atoms with Crippen LogP contribution in [0, 0.1) is 62.6 Å². The largest absolute Gasteiger partial charge is 0.463 e. The Morgan fingerprint density at radius 2 is 1.12 bits per heavy atom. The lowest BCUT2D eigenvalue weighted by atomic mass is 9.74. The second-order valence-electron chi connectivity index (χ2n) is 27.8. The Hall–Kier alpha value is -5.34. The number of fused-ring (bicyclic) bond motifs is 2. The first-order chi connectivity index (χ1) is 38.4. The zero-order valence-corrected chi connectivity index (χ0v) is 52.3. The Bertz CT molecular complexity index is 2480. The Morgan fingerprint density at radius 3 is 1.64 bits per heavy atom. The molecule has 0 spiro atoms. The van der Waals surface area contributed by atoms with Crippen LogP contribution in [0.3, 0.4) is 0 Å². The fraction of sp³-hybridized carbons (Fsp3) is 0.839. The zero-order valence-electron chi connectivity index (χ0n) is 52.3. The molecule has 21 heteroatoms. The van der Waals surface area contributed by atoms with Gasteiger partial charge in [0.05, 0.1) is 58.0 Å². The first-order valence-electron chi connectivity index (χ1n) is 30.1. The van der Waals surface area contributed by atoms with Gasteiger partial charge in [-0.05, 0) is 140 Å². The fourth-order valence-electron chi connectivity index (χ4n) is 11.8. The lowest BCUT2D eigenvalue weighted by molar-refractivity contribution is -0.183. The van der Waals surface area contributed by atoms with Crippen molar-refractivity contribution in [2.24, 2.45) is 62.6 Å². The number of rotatable bonds is 16. The third kappa shape index (κ3) is 13.5. The van der Waals surface area contributed by atoms with Crippen LogP contribution >= 0.6 is 0 Å². The van der Waals surface area contributed by atoms with Gasteiger partial charge in [0.15, 0.2) is 24.4 Å². The summed E-state index contributed by atoms with van der Waals surface area (Å²) in [7, 11) is 0. The van der Waals surface area contributed by atoms with Gasteiger partial charge in [-0.15, -0.1) is 0 Å². The molecule has 21 nitrogen and oxygen atoms in total. The molecule has 6 saturated heterocycles. The lowest BCUT2D eigenvalue weighted by Crippen LogP contribution is -2.49. The third-order valence-electron chi connectivity index (χ3n) is 20.0. The smallest absolute Gasteiger partial charge is 0.347 e. The van der Waals surface area contributed by atoms with E-state index in [2.05, 4.69) is 20.8 Å². The van der Waals surface area contributed by atoms with Gasteiger partial charge in [0.25, 0.3) is 0 Å². The predicted octanol–water partition coefficient (Wildman–Crippen LogP) is 8.22. The molecule has 6 aliphatic heterocycles. The molecule has 15 atom stereocenters. The van der Waals surface area contributed by atoms with E-state index in [-0.39, 0.29) is 64.4 Å². The summed E-state index contributed by atoms with van der Waals surface area (Å²) in [6.07, 6.45) is 4.73. The van der Waals surface area contributed by atoms with Crippen molar-refractivity contribution in [3.05, 3.63) is 0 Å². The van der Waals surface area contributed by atoms with Crippen molar-refractivity contribution >= 4 is 59.7 Å². The first-order valence-corrected chi connectivity index (χ1v) is 30.1. The topological polar surface area (TPSA) is 272 Å². The molecule has 0 amide bonds. The van der Waals surface area contributed by atoms with E-state index in [1.165, 1.54) is 12.8 Å². The summed E-state index contributed by atoms with van der Waals surface area (Å²) >= 11 is 0. The number of hydrogen-bond donors (Lipinski definition) is 0. The Balaban J connectivity index is 0.000000191. The van der Waals surface area contributed by atoms with Gasteiger partial charge in [-0.1, -0.05) is 48.5 Å². The molecule has 0 radical (unpaired) electrons. The minimum Gasteiger partial charge on any atom is -0.463 e. The number of esters is 10. The molecule has 0 aromatic rings. The van der Waals surface area contributed by atoms with E-state index >= 15 is 0 Å². The highest BCUT2D eigenvalue weighted by atomic mass is 16.7. The number of hydrogen-bond acceptors (Lipinski definition) is 21. The van der Waals surface area contributed by atoms with Crippen LogP contribution in [0.1, 0.15) is 195 Å². The van der Waals surface area contributed by atoms with E-state index < -0.39 is 125 Å². The molecule has 83 heavy (non-hydrogen) atoms. The average molecular weight is 1180 g/mol. The maximum Gasteiger partial charge on any atom is 0.347 e. The van der Waals surface area contributed by atoms with Crippen LogP contribution < -0.4 is 0 Å². The standard InChI is InChI=1S/C24H32O10.C15H28O2.C13H18O5.C10H16O4/c1-7-23(4,5)22(29)30-9-14(25)32-17-13-8-12-15(20(27)33-18(12)17)16(13)21(28)34-24(6)10(2)19(26)31-11(24)3;1-7-14(5,6)12(16)17-15(13(2,3)4)10-8-9-11-15;1-4-13(2,3)12(15)18-9-7-5-6-8(16-7)10(9)17-11(6)14;1-4-10(2,3)9(12)14-7-5-6-13-8(7)11/h10-13,15-18H,7-9H2,1-6H3;7-11H2,1-6H3;6-10H,4-5H2,1-3H3;7H,4-6H2,1-3H3. The van der Waals surface area contributed by atoms with Crippen molar-refractivity contribution in [3.8, 4) is 0 Å². The molecular formula is C62H94O21. The van der Waals surface area contributed by atoms with Gasteiger partial charge < -0.3 is 52.1 Å². The number of ether oxygens (including phenoxy) is 11. The molecular weight excluding hydrogens is 1080 g/mol. The van der Waals surface area contributed by atoms with Gasteiger partial charge in [-0.2, -0.15) is 0 Å². The summed E-state index contributed by atoms with van der Waals surface area (Å²) in [6, 6.07) is 0. The Labute approximate surface area is 489 Å². The molecule has 468 valence electrons. The van der Waals surface area contributed by atoms with Gasteiger partial charge in [0.1, 0.15) is 30.0 Å². The Kier molecular flexibility index (Phi) is 20.1. The second kappa shape index (κ2) is 24.9. The van der Waals surface area contributed by atoms with E-state index in [1.807, 2.05) is 55.4 Å². The maximum absolute atomic E-state index is 13.3. The van der Waals surface area contributed by atoms with Crippen molar-refractivity contribution in [3.63, 3.8) is 0 Å². The van der Waals surface area contributed by atoms with Gasteiger partial charge in [0, 0.05) is 23.7 Å². The zero-order chi connectivity index (χ0) is 62.3. The highest BCUT2D eigenvalue weighted by Gasteiger charge is 2.71. The Morgan fingerprint density at radius 1 is 0.578 bits per heavy atom. The van der Waals surface area contributed by atoms with Crippen molar-refractivity contribution in [1.82, 2.24) is 0 Å². The number of carbonyl (C=O) groups excluding carboxylic acids is 10. The summed E-state index contributed by atoms with van der Waals surface area (Å²) in [6.45, 7) is 33.7. The second-order valence-corrected chi connectivity index (χ2v) is 27.8. The highest BCUT2D eigenvalue weighted by Crippen LogP contribution is 2.59. The first kappa shape index (κ1) is 66.8. The third-order valence-corrected chi connectivity index (χ3v) is 20.0. The minimum atomic E-state index is -1.18. The van der Waals surface area contributed by atoms with E-state index in [1.54, 1.807) is 48.5 Å². The van der Waals surface area contributed by atoms with E-state index in [0.717, 1.165) is 19.3 Å². The normalized spacial score (nSPS) is 33.2. The van der Waals surface area contributed by atoms with Crippen LogP contribution in [-0.2, 0) is 100 Å². The quantitative estimate of drug-likeness (QED) is 0.104.